The maximum absolute atomic E-state index is 11.6. The highest BCUT2D eigenvalue weighted by atomic mass is 16.5. The van der Waals surface area contributed by atoms with Crippen molar-refractivity contribution >= 4 is 5.97 Å². The lowest BCUT2D eigenvalue weighted by Gasteiger charge is -2.06. The van der Waals surface area contributed by atoms with E-state index in [-0.39, 0.29) is 5.97 Å². The molecule has 3 nitrogen and oxygen atoms in total. The van der Waals surface area contributed by atoms with E-state index in [2.05, 4.69) is 4.98 Å². The predicted octanol–water partition coefficient (Wildman–Crippen LogP) is 1.75. The van der Waals surface area contributed by atoms with Crippen molar-refractivity contribution in [3.05, 3.63) is 29.1 Å². The van der Waals surface area contributed by atoms with E-state index in [1.54, 1.807) is 12.3 Å². The summed E-state index contributed by atoms with van der Waals surface area (Å²) in [6.07, 6.45) is 4.73. The van der Waals surface area contributed by atoms with Crippen molar-refractivity contribution in [1.82, 2.24) is 4.98 Å². The van der Waals surface area contributed by atoms with Crippen molar-refractivity contribution in [2.75, 3.05) is 6.61 Å². The van der Waals surface area contributed by atoms with Gasteiger partial charge < -0.3 is 4.74 Å². The predicted molar refractivity (Wildman–Crippen MR) is 52.2 cm³/mol. The van der Waals surface area contributed by atoms with Crippen molar-refractivity contribution < 1.29 is 9.53 Å². The molecule has 3 heteroatoms. The normalized spacial score (nSPS) is 13.8. The Kier molecular flexibility index (Phi) is 2.48. The molecule has 0 bridgehead atoms. The molecule has 0 fully saturated rings. The van der Waals surface area contributed by atoms with E-state index in [4.69, 9.17) is 4.74 Å². The van der Waals surface area contributed by atoms with Gasteiger partial charge in [-0.1, -0.05) is 0 Å². The van der Waals surface area contributed by atoms with Crippen LogP contribution in [-0.2, 0) is 17.6 Å². The van der Waals surface area contributed by atoms with E-state index < -0.39 is 0 Å². The second-order valence-electron chi connectivity index (χ2n) is 3.36. The first-order chi connectivity index (χ1) is 6.83. The monoisotopic (exact) mass is 191 g/mol. The molecule has 0 aromatic carbocycles. The van der Waals surface area contributed by atoms with Crippen molar-refractivity contribution in [2.24, 2.45) is 0 Å². The zero-order valence-corrected chi connectivity index (χ0v) is 8.25. The van der Waals surface area contributed by atoms with Gasteiger partial charge in [0, 0.05) is 11.9 Å². The first-order valence-corrected chi connectivity index (χ1v) is 4.96. The summed E-state index contributed by atoms with van der Waals surface area (Å²) in [5.41, 5.74) is 2.86. The van der Waals surface area contributed by atoms with Crippen LogP contribution in [0.25, 0.3) is 0 Å². The second kappa shape index (κ2) is 3.78. The number of aryl methyl sites for hydroxylation is 1. The third-order valence-corrected chi connectivity index (χ3v) is 2.48. The van der Waals surface area contributed by atoms with Crippen LogP contribution in [0.1, 0.15) is 35.0 Å². The van der Waals surface area contributed by atoms with Crippen molar-refractivity contribution in [1.29, 1.82) is 0 Å². The van der Waals surface area contributed by atoms with Crippen LogP contribution in [-0.4, -0.2) is 17.6 Å². The maximum Gasteiger partial charge on any atom is 0.338 e. The number of carbonyl (C=O) groups is 1. The van der Waals surface area contributed by atoms with Gasteiger partial charge in [0.25, 0.3) is 0 Å². The molecule has 0 spiro atoms. The summed E-state index contributed by atoms with van der Waals surface area (Å²) in [5.74, 6) is -0.215. The van der Waals surface area contributed by atoms with Gasteiger partial charge in [-0.25, -0.2) is 4.79 Å². The quantitative estimate of drug-likeness (QED) is 0.668. The average Bonchev–Trinajstić information content (AvgIpc) is 2.65. The molecule has 0 atom stereocenters. The van der Waals surface area contributed by atoms with E-state index in [0.717, 1.165) is 30.5 Å². The molecule has 1 aromatic heterocycles. The SMILES string of the molecule is CCOC(=O)c1ccnc2c1CCC2. The molecule has 0 radical (unpaired) electrons. The lowest BCUT2D eigenvalue weighted by Crippen LogP contribution is -2.08. The molecule has 0 saturated heterocycles. The number of pyridine rings is 1. The van der Waals surface area contributed by atoms with Crippen LogP contribution in [0.5, 0.6) is 0 Å². The minimum absolute atomic E-state index is 0.215. The van der Waals surface area contributed by atoms with E-state index in [1.165, 1.54) is 0 Å². The molecule has 14 heavy (non-hydrogen) atoms. The highest BCUT2D eigenvalue weighted by molar-refractivity contribution is 5.91. The average molecular weight is 191 g/mol. The van der Waals surface area contributed by atoms with Crippen LogP contribution in [0.4, 0.5) is 0 Å². The molecule has 0 amide bonds. The van der Waals surface area contributed by atoms with Gasteiger partial charge in [0.1, 0.15) is 0 Å². The minimum atomic E-state index is -0.215. The van der Waals surface area contributed by atoms with Crippen molar-refractivity contribution in [3.63, 3.8) is 0 Å². The lowest BCUT2D eigenvalue weighted by molar-refractivity contribution is 0.0525. The van der Waals surface area contributed by atoms with Crippen molar-refractivity contribution in [2.45, 2.75) is 26.2 Å². The summed E-state index contributed by atoms with van der Waals surface area (Å²) in [6, 6.07) is 1.75. The van der Waals surface area contributed by atoms with Gasteiger partial charge in [0.05, 0.1) is 12.2 Å². The van der Waals surface area contributed by atoms with Crippen LogP contribution in [0.15, 0.2) is 12.3 Å². The molecule has 1 aliphatic rings. The van der Waals surface area contributed by atoms with Gasteiger partial charge >= 0.3 is 5.97 Å². The molecule has 2 rings (SSSR count). The Morgan fingerprint density at radius 1 is 1.57 bits per heavy atom. The van der Waals surface area contributed by atoms with Crippen LogP contribution >= 0.6 is 0 Å². The fraction of sp³-hybridized carbons (Fsp3) is 0.455. The lowest BCUT2D eigenvalue weighted by atomic mass is 10.1. The Labute approximate surface area is 83.1 Å². The van der Waals surface area contributed by atoms with E-state index >= 15 is 0 Å². The van der Waals surface area contributed by atoms with Crippen LogP contribution in [0.2, 0.25) is 0 Å². The number of ether oxygens (including phenoxy) is 1. The summed E-state index contributed by atoms with van der Waals surface area (Å²) in [5, 5.41) is 0. The molecule has 0 saturated carbocycles. The van der Waals surface area contributed by atoms with Crippen LogP contribution in [0, 0.1) is 0 Å². The molecule has 74 valence electrons. The van der Waals surface area contributed by atoms with E-state index in [1.807, 2.05) is 6.92 Å². The Balaban J connectivity index is 2.34. The van der Waals surface area contributed by atoms with Crippen LogP contribution in [0.3, 0.4) is 0 Å². The summed E-state index contributed by atoms with van der Waals surface area (Å²) in [6.45, 7) is 2.25. The highest BCUT2D eigenvalue weighted by Gasteiger charge is 2.20. The van der Waals surface area contributed by atoms with Crippen LogP contribution < -0.4 is 0 Å². The molecule has 0 unspecified atom stereocenters. The van der Waals surface area contributed by atoms with Gasteiger partial charge in [-0.3, -0.25) is 4.98 Å². The Morgan fingerprint density at radius 2 is 2.43 bits per heavy atom. The van der Waals surface area contributed by atoms with Gasteiger partial charge in [0.15, 0.2) is 0 Å². The maximum atomic E-state index is 11.6. The first-order valence-electron chi connectivity index (χ1n) is 4.96. The fourth-order valence-corrected chi connectivity index (χ4v) is 1.86. The molecule has 1 heterocycles. The first kappa shape index (κ1) is 9.19. The van der Waals surface area contributed by atoms with Gasteiger partial charge in [-0.15, -0.1) is 0 Å². The van der Waals surface area contributed by atoms with Gasteiger partial charge in [0.2, 0.25) is 0 Å². The number of fused-ring (bicyclic) bond motifs is 1. The summed E-state index contributed by atoms with van der Waals surface area (Å²) in [4.78, 5) is 15.8. The number of hydrogen-bond donors (Lipinski definition) is 0. The van der Waals surface area contributed by atoms with E-state index in [9.17, 15) is 4.79 Å². The number of carbonyl (C=O) groups excluding carboxylic acids is 1. The number of esters is 1. The van der Waals surface area contributed by atoms with E-state index in [0.29, 0.717) is 12.2 Å². The zero-order valence-electron chi connectivity index (χ0n) is 8.25. The summed E-state index contributed by atoms with van der Waals surface area (Å²) in [7, 11) is 0. The Morgan fingerprint density at radius 3 is 3.21 bits per heavy atom. The molecular formula is C11H13NO2. The minimum Gasteiger partial charge on any atom is -0.462 e. The Bertz CT molecular complexity index is 360. The largest absolute Gasteiger partial charge is 0.462 e. The topological polar surface area (TPSA) is 39.2 Å². The molecule has 0 N–H and O–H groups in total. The molecular weight excluding hydrogens is 178 g/mol. The van der Waals surface area contributed by atoms with Crippen molar-refractivity contribution in [3.8, 4) is 0 Å². The Hall–Kier alpha value is -1.38. The van der Waals surface area contributed by atoms with Gasteiger partial charge in [-0.05, 0) is 37.8 Å². The fourth-order valence-electron chi connectivity index (χ4n) is 1.86. The highest BCUT2D eigenvalue weighted by Crippen LogP contribution is 2.23. The molecule has 1 aromatic rings. The summed E-state index contributed by atoms with van der Waals surface area (Å²) >= 11 is 0. The zero-order chi connectivity index (χ0) is 9.97. The molecule has 1 aliphatic carbocycles. The number of nitrogens with zero attached hydrogens (tertiary/aromatic N) is 1. The number of rotatable bonds is 2. The van der Waals surface area contributed by atoms with Gasteiger partial charge in [-0.2, -0.15) is 0 Å². The third-order valence-electron chi connectivity index (χ3n) is 2.48. The summed E-state index contributed by atoms with van der Waals surface area (Å²) < 4.78 is 4.99. The molecule has 0 aliphatic heterocycles. The smallest absolute Gasteiger partial charge is 0.338 e. The number of aromatic nitrogens is 1. The second-order valence-corrected chi connectivity index (χ2v) is 3.36. The third kappa shape index (κ3) is 1.50. The number of hydrogen-bond acceptors (Lipinski definition) is 3. The standard InChI is InChI=1S/C11H13NO2/c1-2-14-11(13)9-6-7-12-10-5-3-4-8(9)10/h6-7H,2-5H2,1H3.